The van der Waals surface area contributed by atoms with Crippen LogP contribution in [0.3, 0.4) is 0 Å². The Morgan fingerprint density at radius 2 is 1.55 bits per heavy atom. The molecule has 1 heteroatoms. The second-order valence-electron chi connectivity index (χ2n) is 4.21. The molecule has 0 aliphatic heterocycles. The summed E-state index contributed by atoms with van der Waals surface area (Å²) in [6.45, 7) is 0. The van der Waals surface area contributed by atoms with E-state index in [0.29, 0.717) is 0 Å². The van der Waals surface area contributed by atoms with E-state index >= 15 is 0 Å². The van der Waals surface area contributed by atoms with Gasteiger partial charge in [0, 0.05) is 4.83 Å². The maximum absolute atomic E-state index is 3.75. The van der Waals surface area contributed by atoms with E-state index in [-0.39, 0.29) is 0 Å². The van der Waals surface area contributed by atoms with Gasteiger partial charge >= 0.3 is 0 Å². The molecule has 0 aromatic carbocycles. The fourth-order valence-electron chi connectivity index (χ4n) is 2.82. The highest BCUT2D eigenvalue weighted by atomic mass is 79.9. The normalized spacial score (nSPS) is 45.0. The minimum absolute atomic E-state index is 0.849. The standard InChI is InChI=1S/C10H17Br/c11-10-6-5-8-3-1-2-4-9(8)7-10/h8-10H,1-7H2/t8-,9-,10+/m0/s1. The maximum atomic E-state index is 3.75. The average molecular weight is 217 g/mol. The third-order valence-corrected chi connectivity index (χ3v) is 4.31. The van der Waals surface area contributed by atoms with E-state index in [0.717, 1.165) is 16.7 Å². The maximum Gasteiger partial charge on any atom is 0.0148 e. The van der Waals surface area contributed by atoms with Crippen LogP contribution < -0.4 is 0 Å². The topological polar surface area (TPSA) is 0 Å². The van der Waals surface area contributed by atoms with Crippen molar-refractivity contribution >= 4 is 15.9 Å². The Labute approximate surface area is 77.9 Å². The van der Waals surface area contributed by atoms with Gasteiger partial charge in [-0.1, -0.05) is 41.6 Å². The number of hydrogen-bond donors (Lipinski definition) is 0. The second-order valence-corrected chi connectivity index (χ2v) is 5.51. The SMILES string of the molecule is Br[C@@H]1CC[C@@H]2CCCC[C@H]2C1. The molecule has 0 nitrogen and oxygen atoms in total. The van der Waals surface area contributed by atoms with Gasteiger partial charge in [0.15, 0.2) is 0 Å². The van der Waals surface area contributed by atoms with E-state index in [9.17, 15) is 0 Å². The zero-order valence-corrected chi connectivity index (χ0v) is 8.65. The predicted molar refractivity (Wildman–Crippen MR) is 52.0 cm³/mol. The molecule has 0 amide bonds. The first-order valence-corrected chi connectivity index (χ1v) is 5.92. The van der Waals surface area contributed by atoms with E-state index in [1.165, 1.54) is 44.9 Å². The van der Waals surface area contributed by atoms with Crippen molar-refractivity contribution < 1.29 is 0 Å². The third kappa shape index (κ3) is 1.80. The fourth-order valence-corrected chi connectivity index (χ4v) is 3.56. The van der Waals surface area contributed by atoms with Gasteiger partial charge in [-0.05, 0) is 31.1 Å². The Morgan fingerprint density at radius 3 is 2.36 bits per heavy atom. The van der Waals surface area contributed by atoms with Gasteiger partial charge in [-0.15, -0.1) is 0 Å². The number of rotatable bonds is 0. The van der Waals surface area contributed by atoms with Gasteiger partial charge in [0.2, 0.25) is 0 Å². The molecule has 0 radical (unpaired) electrons. The van der Waals surface area contributed by atoms with Crippen LogP contribution in [0.1, 0.15) is 44.9 Å². The summed E-state index contributed by atoms with van der Waals surface area (Å²) >= 11 is 3.75. The van der Waals surface area contributed by atoms with Crippen molar-refractivity contribution in [3.63, 3.8) is 0 Å². The smallest absolute Gasteiger partial charge is 0.0148 e. The molecule has 11 heavy (non-hydrogen) atoms. The largest absolute Gasteiger partial charge is 0.0891 e. The second kappa shape index (κ2) is 3.47. The van der Waals surface area contributed by atoms with Crippen LogP contribution in [0.15, 0.2) is 0 Å². The highest BCUT2D eigenvalue weighted by molar-refractivity contribution is 9.09. The van der Waals surface area contributed by atoms with Gasteiger partial charge in [-0.3, -0.25) is 0 Å². The summed E-state index contributed by atoms with van der Waals surface area (Å²) in [5.41, 5.74) is 0. The molecule has 2 rings (SSSR count). The Kier molecular flexibility index (Phi) is 2.55. The van der Waals surface area contributed by atoms with Crippen molar-refractivity contribution in [2.75, 3.05) is 0 Å². The van der Waals surface area contributed by atoms with Gasteiger partial charge in [-0.2, -0.15) is 0 Å². The molecule has 3 atom stereocenters. The highest BCUT2D eigenvalue weighted by Gasteiger charge is 2.30. The molecular weight excluding hydrogens is 200 g/mol. The molecule has 0 N–H and O–H groups in total. The molecule has 0 spiro atoms. The summed E-state index contributed by atoms with van der Waals surface area (Å²) in [5, 5.41) is 0. The zero-order valence-electron chi connectivity index (χ0n) is 7.06. The molecule has 2 saturated carbocycles. The highest BCUT2D eigenvalue weighted by Crippen LogP contribution is 2.42. The Morgan fingerprint density at radius 1 is 0.818 bits per heavy atom. The van der Waals surface area contributed by atoms with Crippen LogP contribution in [0.25, 0.3) is 0 Å². The number of alkyl halides is 1. The monoisotopic (exact) mass is 216 g/mol. The lowest BCUT2D eigenvalue weighted by Gasteiger charge is -2.37. The summed E-state index contributed by atoms with van der Waals surface area (Å²) in [6.07, 6.45) is 10.5. The molecule has 0 saturated heterocycles. The van der Waals surface area contributed by atoms with Crippen LogP contribution >= 0.6 is 15.9 Å². The van der Waals surface area contributed by atoms with E-state index in [1.54, 1.807) is 0 Å². The molecule has 2 aliphatic rings. The first-order valence-electron chi connectivity index (χ1n) is 5.00. The first kappa shape index (κ1) is 8.10. The lowest BCUT2D eigenvalue weighted by molar-refractivity contribution is 0.176. The quantitative estimate of drug-likeness (QED) is 0.542. The fraction of sp³-hybridized carbons (Fsp3) is 1.00. The van der Waals surface area contributed by atoms with E-state index in [2.05, 4.69) is 15.9 Å². The lowest BCUT2D eigenvalue weighted by atomic mass is 9.71. The van der Waals surface area contributed by atoms with Crippen LogP contribution in [-0.4, -0.2) is 4.83 Å². The van der Waals surface area contributed by atoms with Crippen LogP contribution in [0, 0.1) is 11.8 Å². The molecule has 2 fully saturated rings. The molecule has 0 bridgehead atoms. The molecular formula is C10H17Br. The van der Waals surface area contributed by atoms with Crippen molar-refractivity contribution in [1.29, 1.82) is 0 Å². The van der Waals surface area contributed by atoms with Gasteiger partial charge in [-0.25, -0.2) is 0 Å². The minimum atomic E-state index is 0.849. The van der Waals surface area contributed by atoms with E-state index in [4.69, 9.17) is 0 Å². The summed E-state index contributed by atoms with van der Waals surface area (Å²) < 4.78 is 0. The van der Waals surface area contributed by atoms with Crippen molar-refractivity contribution in [2.24, 2.45) is 11.8 Å². The molecule has 0 heterocycles. The van der Waals surface area contributed by atoms with Crippen molar-refractivity contribution in [2.45, 2.75) is 49.8 Å². The molecule has 0 aromatic rings. The van der Waals surface area contributed by atoms with E-state index in [1.807, 2.05) is 0 Å². The third-order valence-electron chi connectivity index (χ3n) is 3.48. The van der Waals surface area contributed by atoms with Gasteiger partial charge in [0.1, 0.15) is 0 Å². The van der Waals surface area contributed by atoms with Crippen LogP contribution in [0.2, 0.25) is 0 Å². The van der Waals surface area contributed by atoms with Crippen molar-refractivity contribution in [3.8, 4) is 0 Å². The van der Waals surface area contributed by atoms with E-state index < -0.39 is 0 Å². The summed E-state index contributed by atoms with van der Waals surface area (Å²) in [4.78, 5) is 0.849. The lowest BCUT2D eigenvalue weighted by Crippen LogP contribution is -2.27. The molecule has 0 unspecified atom stereocenters. The Balaban J connectivity index is 1.93. The zero-order chi connectivity index (χ0) is 7.68. The summed E-state index contributed by atoms with van der Waals surface area (Å²) in [6, 6.07) is 0. The number of halogens is 1. The Bertz CT molecular complexity index is 133. The molecule has 64 valence electrons. The molecule has 2 aliphatic carbocycles. The van der Waals surface area contributed by atoms with Crippen LogP contribution in [-0.2, 0) is 0 Å². The minimum Gasteiger partial charge on any atom is -0.0891 e. The van der Waals surface area contributed by atoms with Gasteiger partial charge in [0.25, 0.3) is 0 Å². The Hall–Kier alpha value is 0.480. The predicted octanol–water partition coefficient (Wildman–Crippen LogP) is 3.74. The number of fused-ring (bicyclic) bond motifs is 1. The number of hydrogen-bond acceptors (Lipinski definition) is 0. The molecule has 0 aromatic heterocycles. The average Bonchev–Trinajstić information content (AvgIpc) is 2.04. The van der Waals surface area contributed by atoms with Crippen molar-refractivity contribution in [3.05, 3.63) is 0 Å². The van der Waals surface area contributed by atoms with Gasteiger partial charge < -0.3 is 0 Å². The van der Waals surface area contributed by atoms with Crippen LogP contribution in [0.4, 0.5) is 0 Å². The van der Waals surface area contributed by atoms with Crippen LogP contribution in [0.5, 0.6) is 0 Å². The first-order chi connectivity index (χ1) is 5.36. The summed E-state index contributed by atoms with van der Waals surface area (Å²) in [5.74, 6) is 2.19. The van der Waals surface area contributed by atoms with Gasteiger partial charge in [0.05, 0.1) is 0 Å². The van der Waals surface area contributed by atoms with Crippen molar-refractivity contribution in [1.82, 2.24) is 0 Å². The summed E-state index contributed by atoms with van der Waals surface area (Å²) in [7, 11) is 0.